The summed E-state index contributed by atoms with van der Waals surface area (Å²) in [6.07, 6.45) is 0. The first kappa shape index (κ1) is 30.8. The van der Waals surface area contributed by atoms with Crippen LogP contribution in [0, 0.1) is 0 Å². The van der Waals surface area contributed by atoms with Gasteiger partial charge in [-0.2, -0.15) is 0 Å². The van der Waals surface area contributed by atoms with Crippen molar-refractivity contribution in [2.24, 2.45) is 0 Å². The van der Waals surface area contributed by atoms with Crippen LogP contribution < -0.4 is 4.90 Å². The molecular formula is C52H35N. The standard InChI is InChI=1S/C52H35N/c1-3-12-37(13-4-1)50-30-29-48(35-51(50)38-14-5-2-6-15-38)53(47-27-25-40-21-20-39-16-9-10-18-49(39)52(40)34-47)46-28-26-44-32-43(23-24-45(44)33-46)42-22-19-36-11-7-8-17-41(36)31-42/h1-35H. The third-order valence-corrected chi connectivity index (χ3v) is 10.6. The predicted molar refractivity (Wildman–Crippen MR) is 227 cm³/mol. The van der Waals surface area contributed by atoms with Crippen LogP contribution in [0.4, 0.5) is 17.1 Å². The van der Waals surface area contributed by atoms with Gasteiger partial charge in [0.1, 0.15) is 0 Å². The van der Waals surface area contributed by atoms with E-state index in [1.54, 1.807) is 0 Å². The van der Waals surface area contributed by atoms with Gasteiger partial charge in [0.15, 0.2) is 0 Å². The van der Waals surface area contributed by atoms with E-state index in [1.807, 2.05) is 0 Å². The molecule has 0 N–H and O–H groups in total. The molecule has 1 heteroatoms. The van der Waals surface area contributed by atoms with Crippen LogP contribution in [0.25, 0.3) is 76.5 Å². The van der Waals surface area contributed by atoms with Gasteiger partial charge in [-0.1, -0.05) is 164 Å². The molecule has 0 spiro atoms. The Balaban J connectivity index is 1.15. The van der Waals surface area contributed by atoms with E-state index in [2.05, 4.69) is 217 Å². The molecule has 0 bridgehead atoms. The fourth-order valence-electron chi connectivity index (χ4n) is 7.89. The van der Waals surface area contributed by atoms with Crippen LogP contribution >= 0.6 is 0 Å². The van der Waals surface area contributed by atoms with Crippen LogP contribution in [0.2, 0.25) is 0 Å². The Morgan fingerprint density at radius 1 is 0.226 bits per heavy atom. The maximum absolute atomic E-state index is 2.42. The number of hydrogen-bond acceptors (Lipinski definition) is 1. The number of nitrogens with zero attached hydrogens (tertiary/aromatic N) is 1. The minimum Gasteiger partial charge on any atom is -0.310 e. The molecule has 0 unspecified atom stereocenters. The zero-order valence-corrected chi connectivity index (χ0v) is 29.2. The Bertz CT molecular complexity index is 2940. The molecule has 0 fully saturated rings. The largest absolute Gasteiger partial charge is 0.310 e. The van der Waals surface area contributed by atoms with Crippen molar-refractivity contribution in [2.75, 3.05) is 4.90 Å². The van der Waals surface area contributed by atoms with Crippen LogP contribution in [0.5, 0.6) is 0 Å². The van der Waals surface area contributed by atoms with E-state index in [-0.39, 0.29) is 0 Å². The Labute approximate surface area is 309 Å². The van der Waals surface area contributed by atoms with Crippen LogP contribution in [-0.2, 0) is 0 Å². The summed E-state index contributed by atoms with van der Waals surface area (Å²) in [5.41, 5.74) is 10.6. The lowest BCUT2D eigenvalue weighted by Gasteiger charge is -2.27. The van der Waals surface area contributed by atoms with Gasteiger partial charge in [-0.05, 0) is 125 Å². The summed E-state index contributed by atoms with van der Waals surface area (Å²) in [6, 6.07) is 77.4. The van der Waals surface area contributed by atoms with E-state index < -0.39 is 0 Å². The molecule has 0 aliphatic heterocycles. The molecule has 0 aromatic heterocycles. The predicted octanol–water partition coefficient (Wildman–Crippen LogP) is 14.8. The van der Waals surface area contributed by atoms with E-state index >= 15 is 0 Å². The summed E-state index contributed by atoms with van der Waals surface area (Å²) in [5, 5.41) is 9.92. The van der Waals surface area contributed by atoms with Gasteiger partial charge in [-0.15, -0.1) is 0 Å². The van der Waals surface area contributed by atoms with Gasteiger partial charge in [-0.3, -0.25) is 0 Å². The van der Waals surface area contributed by atoms with Crippen LogP contribution in [0.3, 0.4) is 0 Å². The van der Waals surface area contributed by atoms with Crippen LogP contribution in [0.1, 0.15) is 0 Å². The Morgan fingerprint density at radius 2 is 0.679 bits per heavy atom. The number of hydrogen-bond donors (Lipinski definition) is 0. The summed E-state index contributed by atoms with van der Waals surface area (Å²) in [4.78, 5) is 2.42. The molecule has 0 amide bonds. The van der Waals surface area contributed by atoms with Gasteiger partial charge in [0, 0.05) is 17.1 Å². The number of fused-ring (bicyclic) bond motifs is 5. The summed E-state index contributed by atoms with van der Waals surface area (Å²) < 4.78 is 0. The number of anilines is 3. The summed E-state index contributed by atoms with van der Waals surface area (Å²) in [5.74, 6) is 0. The SMILES string of the molecule is c1ccc(-c2ccc(N(c3ccc4cc(-c5ccc6ccccc6c5)ccc4c3)c3ccc4ccc5ccccc5c4c3)cc2-c2ccccc2)cc1. The number of rotatable bonds is 6. The van der Waals surface area contributed by atoms with E-state index in [4.69, 9.17) is 0 Å². The van der Waals surface area contributed by atoms with Gasteiger partial charge >= 0.3 is 0 Å². The highest BCUT2D eigenvalue weighted by atomic mass is 15.1. The molecular weight excluding hydrogens is 639 g/mol. The van der Waals surface area contributed by atoms with Crippen molar-refractivity contribution in [1.29, 1.82) is 0 Å². The van der Waals surface area contributed by atoms with E-state index in [1.165, 1.54) is 76.5 Å². The topological polar surface area (TPSA) is 3.24 Å². The molecule has 10 aromatic rings. The second-order valence-corrected chi connectivity index (χ2v) is 13.8. The third-order valence-electron chi connectivity index (χ3n) is 10.6. The molecule has 10 rings (SSSR count). The third kappa shape index (κ3) is 5.69. The van der Waals surface area contributed by atoms with Gasteiger partial charge in [0.2, 0.25) is 0 Å². The summed E-state index contributed by atoms with van der Waals surface area (Å²) in [6.45, 7) is 0. The van der Waals surface area contributed by atoms with E-state index in [0.29, 0.717) is 0 Å². The first-order valence-corrected chi connectivity index (χ1v) is 18.2. The Kier molecular flexibility index (Phi) is 7.55. The van der Waals surface area contributed by atoms with Crippen molar-refractivity contribution >= 4 is 60.2 Å². The van der Waals surface area contributed by atoms with Crippen molar-refractivity contribution in [1.82, 2.24) is 0 Å². The molecule has 0 radical (unpaired) electrons. The van der Waals surface area contributed by atoms with Crippen molar-refractivity contribution in [3.63, 3.8) is 0 Å². The highest BCUT2D eigenvalue weighted by molar-refractivity contribution is 6.09. The Morgan fingerprint density at radius 3 is 1.42 bits per heavy atom. The lowest BCUT2D eigenvalue weighted by Crippen LogP contribution is -2.10. The highest BCUT2D eigenvalue weighted by Crippen LogP contribution is 2.43. The lowest BCUT2D eigenvalue weighted by molar-refractivity contribution is 1.29. The van der Waals surface area contributed by atoms with Gasteiger partial charge in [0.25, 0.3) is 0 Å². The molecule has 53 heavy (non-hydrogen) atoms. The monoisotopic (exact) mass is 673 g/mol. The molecule has 0 atom stereocenters. The van der Waals surface area contributed by atoms with Gasteiger partial charge in [0.05, 0.1) is 0 Å². The zero-order chi connectivity index (χ0) is 35.1. The van der Waals surface area contributed by atoms with Crippen LogP contribution in [-0.4, -0.2) is 0 Å². The van der Waals surface area contributed by atoms with E-state index in [0.717, 1.165) is 17.1 Å². The maximum Gasteiger partial charge on any atom is 0.0468 e. The first-order chi connectivity index (χ1) is 26.2. The van der Waals surface area contributed by atoms with Crippen molar-refractivity contribution in [2.45, 2.75) is 0 Å². The zero-order valence-electron chi connectivity index (χ0n) is 29.2. The van der Waals surface area contributed by atoms with Crippen molar-refractivity contribution < 1.29 is 0 Å². The average Bonchev–Trinajstić information content (AvgIpc) is 3.24. The smallest absolute Gasteiger partial charge is 0.0468 e. The van der Waals surface area contributed by atoms with Crippen molar-refractivity contribution in [3.8, 4) is 33.4 Å². The maximum atomic E-state index is 2.42. The second-order valence-electron chi connectivity index (χ2n) is 13.8. The molecule has 0 aliphatic rings. The fraction of sp³-hybridized carbons (Fsp3) is 0. The van der Waals surface area contributed by atoms with Crippen LogP contribution in [0.15, 0.2) is 212 Å². The normalized spacial score (nSPS) is 11.4. The van der Waals surface area contributed by atoms with E-state index in [9.17, 15) is 0 Å². The quantitative estimate of drug-likeness (QED) is 0.159. The molecule has 0 heterocycles. The molecule has 0 saturated carbocycles. The lowest BCUT2D eigenvalue weighted by atomic mass is 9.93. The fourth-order valence-corrected chi connectivity index (χ4v) is 7.89. The molecule has 1 nitrogen and oxygen atoms in total. The second kappa shape index (κ2) is 13.0. The van der Waals surface area contributed by atoms with Gasteiger partial charge < -0.3 is 4.90 Å². The van der Waals surface area contributed by atoms with Crippen molar-refractivity contribution in [3.05, 3.63) is 212 Å². The summed E-state index contributed by atoms with van der Waals surface area (Å²) >= 11 is 0. The molecule has 0 saturated heterocycles. The average molecular weight is 674 g/mol. The molecule has 0 aliphatic carbocycles. The summed E-state index contributed by atoms with van der Waals surface area (Å²) in [7, 11) is 0. The minimum atomic E-state index is 1.11. The highest BCUT2D eigenvalue weighted by Gasteiger charge is 2.18. The first-order valence-electron chi connectivity index (χ1n) is 18.2. The minimum absolute atomic E-state index is 1.11. The van der Waals surface area contributed by atoms with Gasteiger partial charge in [-0.25, -0.2) is 0 Å². The number of benzene rings is 10. The Hall–Kier alpha value is -6.96. The molecule has 10 aromatic carbocycles. The molecule has 248 valence electrons.